The molecule has 2 heteroatoms. The van der Waals surface area contributed by atoms with Crippen LogP contribution in [0.1, 0.15) is 46.0 Å². The molecule has 1 N–H and O–H groups in total. The molecule has 0 amide bonds. The summed E-state index contributed by atoms with van der Waals surface area (Å²) in [5.41, 5.74) is 0. The van der Waals surface area contributed by atoms with Crippen LogP contribution < -0.4 is 5.32 Å². The third-order valence-electron chi connectivity index (χ3n) is 3.76. The van der Waals surface area contributed by atoms with Crippen LogP contribution in [-0.4, -0.2) is 38.1 Å². The molecular weight excluding hydrogens is 196 g/mol. The standard InChI is InChI=1S/C14H30N2/c1-12(2)14(11-16(3)4)15-10-13-8-6-5-7-9-13/h12-15H,5-11H2,1-4H3. The van der Waals surface area contributed by atoms with Crippen molar-refractivity contribution in [3.63, 3.8) is 0 Å². The Morgan fingerprint density at radius 2 is 1.75 bits per heavy atom. The summed E-state index contributed by atoms with van der Waals surface area (Å²) >= 11 is 0. The van der Waals surface area contributed by atoms with Crippen LogP contribution in [-0.2, 0) is 0 Å². The lowest BCUT2D eigenvalue weighted by Gasteiger charge is -2.29. The van der Waals surface area contributed by atoms with Crippen molar-refractivity contribution in [2.24, 2.45) is 11.8 Å². The molecule has 2 nitrogen and oxygen atoms in total. The Morgan fingerprint density at radius 3 is 2.25 bits per heavy atom. The Balaban J connectivity index is 2.25. The van der Waals surface area contributed by atoms with Crippen LogP contribution in [0.3, 0.4) is 0 Å². The lowest BCUT2D eigenvalue weighted by molar-refractivity contribution is 0.260. The number of nitrogens with zero attached hydrogens (tertiary/aromatic N) is 1. The highest BCUT2D eigenvalue weighted by Gasteiger charge is 2.17. The number of nitrogens with one attached hydrogen (secondary N) is 1. The first kappa shape index (κ1) is 14.0. The molecule has 0 aromatic heterocycles. The van der Waals surface area contributed by atoms with Gasteiger partial charge < -0.3 is 10.2 Å². The van der Waals surface area contributed by atoms with E-state index in [2.05, 4.69) is 38.2 Å². The zero-order valence-electron chi connectivity index (χ0n) is 11.6. The van der Waals surface area contributed by atoms with Gasteiger partial charge in [-0.15, -0.1) is 0 Å². The van der Waals surface area contributed by atoms with E-state index in [0.29, 0.717) is 6.04 Å². The molecule has 1 aliphatic carbocycles. The molecule has 0 aromatic carbocycles. The average Bonchev–Trinajstić information content (AvgIpc) is 2.25. The maximum absolute atomic E-state index is 3.78. The molecule has 1 fully saturated rings. The van der Waals surface area contributed by atoms with Crippen molar-refractivity contribution in [3.05, 3.63) is 0 Å². The van der Waals surface area contributed by atoms with Crippen LogP contribution >= 0.6 is 0 Å². The van der Waals surface area contributed by atoms with Crippen LogP contribution in [0.25, 0.3) is 0 Å². The third kappa shape index (κ3) is 5.31. The molecule has 0 bridgehead atoms. The SMILES string of the molecule is CC(C)C(CN(C)C)NCC1CCCCC1. The maximum atomic E-state index is 3.78. The molecule has 0 heterocycles. The van der Waals surface area contributed by atoms with Crippen molar-refractivity contribution in [3.8, 4) is 0 Å². The van der Waals surface area contributed by atoms with E-state index in [-0.39, 0.29) is 0 Å². The summed E-state index contributed by atoms with van der Waals surface area (Å²) in [7, 11) is 4.33. The van der Waals surface area contributed by atoms with E-state index < -0.39 is 0 Å². The summed E-state index contributed by atoms with van der Waals surface area (Å²) in [4.78, 5) is 2.29. The van der Waals surface area contributed by atoms with Gasteiger partial charge in [0.15, 0.2) is 0 Å². The second kappa shape index (κ2) is 7.29. The minimum atomic E-state index is 0.650. The lowest BCUT2D eigenvalue weighted by Crippen LogP contribution is -2.44. The van der Waals surface area contributed by atoms with Gasteiger partial charge in [-0.2, -0.15) is 0 Å². The molecular formula is C14H30N2. The van der Waals surface area contributed by atoms with Crippen molar-refractivity contribution in [2.75, 3.05) is 27.2 Å². The number of rotatable bonds is 6. The van der Waals surface area contributed by atoms with E-state index in [1.165, 1.54) is 38.6 Å². The van der Waals surface area contributed by atoms with Gasteiger partial charge in [0.2, 0.25) is 0 Å². The molecule has 1 unspecified atom stereocenters. The Hall–Kier alpha value is -0.0800. The molecule has 1 saturated carbocycles. The Kier molecular flexibility index (Phi) is 6.37. The fourth-order valence-corrected chi connectivity index (χ4v) is 2.61. The Bertz CT molecular complexity index is 172. The van der Waals surface area contributed by atoms with E-state index in [4.69, 9.17) is 0 Å². The van der Waals surface area contributed by atoms with Gasteiger partial charge in [-0.05, 0) is 45.3 Å². The summed E-state index contributed by atoms with van der Waals surface area (Å²) < 4.78 is 0. The van der Waals surface area contributed by atoms with Crippen molar-refractivity contribution in [2.45, 2.75) is 52.0 Å². The Labute approximate surface area is 102 Å². The highest BCUT2D eigenvalue weighted by molar-refractivity contribution is 4.76. The van der Waals surface area contributed by atoms with Crippen LogP contribution in [0, 0.1) is 11.8 Å². The van der Waals surface area contributed by atoms with Crippen molar-refractivity contribution in [1.29, 1.82) is 0 Å². The zero-order chi connectivity index (χ0) is 12.0. The van der Waals surface area contributed by atoms with Gasteiger partial charge in [0, 0.05) is 12.6 Å². The van der Waals surface area contributed by atoms with Gasteiger partial charge in [-0.25, -0.2) is 0 Å². The summed E-state index contributed by atoms with van der Waals surface area (Å²) in [6.45, 7) is 7.03. The smallest absolute Gasteiger partial charge is 0.0217 e. The fraction of sp³-hybridized carbons (Fsp3) is 1.00. The van der Waals surface area contributed by atoms with Gasteiger partial charge in [-0.3, -0.25) is 0 Å². The monoisotopic (exact) mass is 226 g/mol. The first-order chi connectivity index (χ1) is 7.59. The van der Waals surface area contributed by atoms with E-state index in [0.717, 1.165) is 18.4 Å². The molecule has 0 spiro atoms. The summed E-state index contributed by atoms with van der Waals surface area (Å²) in [5, 5.41) is 3.78. The van der Waals surface area contributed by atoms with Crippen LogP contribution in [0.2, 0.25) is 0 Å². The normalized spacial score (nSPS) is 20.6. The van der Waals surface area contributed by atoms with Gasteiger partial charge in [0.05, 0.1) is 0 Å². The maximum Gasteiger partial charge on any atom is 0.0217 e. The van der Waals surface area contributed by atoms with Gasteiger partial charge >= 0.3 is 0 Å². The summed E-state index contributed by atoms with van der Waals surface area (Å²) in [5.74, 6) is 1.67. The topological polar surface area (TPSA) is 15.3 Å². The largest absolute Gasteiger partial charge is 0.312 e. The van der Waals surface area contributed by atoms with E-state index >= 15 is 0 Å². The molecule has 1 rings (SSSR count). The van der Waals surface area contributed by atoms with Crippen molar-refractivity contribution >= 4 is 0 Å². The minimum Gasteiger partial charge on any atom is -0.312 e. The molecule has 0 saturated heterocycles. The molecule has 1 atom stereocenters. The van der Waals surface area contributed by atoms with Gasteiger partial charge in [0.1, 0.15) is 0 Å². The molecule has 0 radical (unpaired) electrons. The number of hydrogen-bond acceptors (Lipinski definition) is 2. The second-order valence-electron chi connectivity index (χ2n) is 6.03. The van der Waals surface area contributed by atoms with E-state index in [1.54, 1.807) is 0 Å². The number of hydrogen-bond donors (Lipinski definition) is 1. The minimum absolute atomic E-state index is 0.650. The lowest BCUT2D eigenvalue weighted by atomic mass is 9.89. The predicted octanol–water partition coefficient (Wildman–Crippen LogP) is 2.74. The summed E-state index contributed by atoms with van der Waals surface area (Å²) in [6, 6.07) is 0.650. The Morgan fingerprint density at radius 1 is 1.12 bits per heavy atom. The third-order valence-corrected chi connectivity index (χ3v) is 3.76. The summed E-state index contributed by atoms with van der Waals surface area (Å²) in [6.07, 6.45) is 7.25. The predicted molar refractivity (Wildman–Crippen MR) is 71.8 cm³/mol. The molecule has 16 heavy (non-hydrogen) atoms. The quantitative estimate of drug-likeness (QED) is 0.749. The van der Waals surface area contributed by atoms with Gasteiger partial charge in [0.25, 0.3) is 0 Å². The highest BCUT2D eigenvalue weighted by atomic mass is 15.1. The van der Waals surface area contributed by atoms with Gasteiger partial charge in [-0.1, -0.05) is 33.1 Å². The van der Waals surface area contributed by atoms with Crippen molar-refractivity contribution < 1.29 is 0 Å². The van der Waals surface area contributed by atoms with Crippen molar-refractivity contribution in [1.82, 2.24) is 10.2 Å². The molecule has 0 aromatic rings. The first-order valence-electron chi connectivity index (χ1n) is 6.97. The van der Waals surface area contributed by atoms with E-state index in [9.17, 15) is 0 Å². The first-order valence-corrected chi connectivity index (χ1v) is 6.97. The zero-order valence-corrected chi connectivity index (χ0v) is 11.6. The molecule has 0 aliphatic heterocycles. The van der Waals surface area contributed by atoms with Crippen LogP contribution in [0.15, 0.2) is 0 Å². The fourth-order valence-electron chi connectivity index (χ4n) is 2.61. The number of likely N-dealkylation sites (N-methyl/N-ethyl adjacent to an activating group) is 1. The highest BCUT2D eigenvalue weighted by Crippen LogP contribution is 2.23. The van der Waals surface area contributed by atoms with E-state index in [1.807, 2.05) is 0 Å². The van der Waals surface area contributed by atoms with Crippen LogP contribution in [0.4, 0.5) is 0 Å². The molecule has 96 valence electrons. The molecule has 1 aliphatic rings. The average molecular weight is 226 g/mol. The van der Waals surface area contributed by atoms with Crippen LogP contribution in [0.5, 0.6) is 0 Å². The second-order valence-corrected chi connectivity index (χ2v) is 6.03.